The SMILES string of the molecule is COc1ccc(C(=O)Nc2c(C)cc(N)cc2Br)cc1OC. The van der Waals surface area contributed by atoms with Gasteiger partial charge in [0.1, 0.15) is 0 Å². The quantitative estimate of drug-likeness (QED) is 0.812. The number of benzene rings is 2. The van der Waals surface area contributed by atoms with Gasteiger partial charge in [0.2, 0.25) is 0 Å². The van der Waals surface area contributed by atoms with Crippen LogP contribution in [0.25, 0.3) is 0 Å². The van der Waals surface area contributed by atoms with Gasteiger partial charge in [-0.25, -0.2) is 0 Å². The minimum absolute atomic E-state index is 0.241. The summed E-state index contributed by atoms with van der Waals surface area (Å²) in [7, 11) is 3.08. The molecule has 0 saturated carbocycles. The van der Waals surface area contributed by atoms with E-state index in [-0.39, 0.29) is 5.91 Å². The Morgan fingerprint density at radius 3 is 2.41 bits per heavy atom. The Labute approximate surface area is 137 Å². The maximum absolute atomic E-state index is 12.4. The molecule has 6 heteroatoms. The van der Waals surface area contributed by atoms with Crippen LogP contribution >= 0.6 is 15.9 Å². The van der Waals surface area contributed by atoms with Crippen LogP contribution in [-0.4, -0.2) is 20.1 Å². The Bertz CT molecular complexity index is 694. The van der Waals surface area contributed by atoms with Crippen LogP contribution < -0.4 is 20.5 Å². The van der Waals surface area contributed by atoms with Crippen molar-refractivity contribution in [2.75, 3.05) is 25.3 Å². The highest BCUT2D eigenvalue weighted by atomic mass is 79.9. The topological polar surface area (TPSA) is 73.6 Å². The number of nitrogen functional groups attached to an aromatic ring is 1. The molecule has 0 aliphatic rings. The summed E-state index contributed by atoms with van der Waals surface area (Å²) in [5.41, 5.74) is 8.44. The molecular formula is C16H17BrN2O3. The molecule has 116 valence electrons. The van der Waals surface area contributed by atoms with Gasteiger partial charge in [0.25, 0.3) is 5.91 Å². The highest BCUT2D eigenvalue weighted by Gasteiger charge is 2.14. The first kappa shape index (κ1) is 16.2. The molecule has 0 saturated heterocycles. The standard InChI is InChI=1S/C16H17BrN2O3/c1-9-6-11(18)8-12(17)15(9)19-16(20)10-4-5-13(21-2)14(7-10)22-3/h4-8H,18H2,1-3H3,(H,19,20). The van der Waals surface area contributed by atoms with E-state index in [1.807, 2.05) is 6.92 Å². The van der Waals surface area contributed by atoms with E-state index in [1.54, 1.807) is 37.4 Å². The number of anilines is 2. The number of nitrogens with two attached hydrogens (primary N) is 1. The van der Waals surface area contributed by atoms with Crippen LogP contribution in [0.15, 0.2) is 34.8 Å². The van der Waals surface area contributed by atoms with Crippen molar-refractivity contribution in [3.63, 3.8) is 0 Å². The number of carbonyl (C=O) groups is 1. The second-order valence-electron chi connectivity index (χ2n) is 4.72. The van der Waals surface area contributed by atoms with Gasteiger partial charge in [0.05, 0.1) is 19.9 Å². The Morgan fingerprint density at radius 2 is 1.82 bits per heavy atom. The molecule has 0 bridgehead atoms. The van der Waals surface area contributed by atoms with Crippen molar-refractivity contribution in [1.29, 1.82) is 0 Å². The Balaban J connectivity index is 2.30. The van der Waals surface area contributed by atoms with Crippen molar-refractivity contribution in [2.24, 2.45) is 0 Å². The van der Waals surface area contributed by atoms with E-state index in [9.17, 15) is 4.79 Å². The molecule has 2 aromatic rings. The maximum Gasteiger partial charge on any atom is 0.255 e. The maximum atomic E-state index is 12.4. The molecule has 22 heavy (non-hydrogen) atoms. The van der Waals surface area contributed by atoms with Gasteiger partial charge in [0, 0.05) is 15.7 Å². The van der Waals surface area contributed by atoms with Gasteiger partial charge >= 0.3 is 0 Å². The number of carbonyl (C=O) groups excluding carboxylic acids is 1. The van der Waals surface area contributed by atoms with Crippen LogP contribution in [-0.2, 0) is 0 Å². The molecule has 3 N–H and O–H groups in total. The van der Waals surface area contributed by atoms with E-state index in [1.165, 1.54) is 7.11 Å². The van der Waals surface area contributed by atoms with Crippen LogP contribution in [0, 0.1) is 6.92 Å². The zero-order valence-corrected chi connectivity index (χ0v) is 14.2. The van der Waals surface area contributed by atoms with Crippen LogP contribution in [0.4, 0.5) is 11.4 Å². The second-order valence-corrected chi connectivity index (χ2v) is 5.57. The van der Waals surface area contributed by atoms with E-state index in [0.717, 1.165) is 10.0 Å². The Kier molecular flexibility index (Phi) is 4.92. The average molecular weight is 365 g/mol. The van der Waals surface area contributed by atoms with E-state index < -0.39 is 0 Å². The molecule has 0 spiro atoms. The number of ether oxygens (including phenoxy) is 2. The molecule has 0 fully saturated rings. The van der Waals surface area contributed by atoms with Gasteiger partial charge < -0.3 is 20.5 Å². The lowest BCUT2D eigenvalue weighted by Gasteiger charge is -2.13. The molecule has 1 amide bonds. The fraction of sp³-hybridized carbons (Fsp3) is 0.188. The minimum Gasteiger partial charge on any atom is -0.493 e. The van der Waals surface area contributed by atoms with Gasteiger partial charge in [-0.15, -0.1) is 0 Å². The summed E-state index contributed by atoms with van der Waals surface area (Å²) in [6.07, 6.45) is 0. The first-order chi connectivity index (χ1) is 10.5. The predicted molar refractivity (Wildman–Crippen MR) is 90.8 cm³/mol. The number of hydrogen-bond donors (Lipinski definition) is 2. The summed E-state index contributed by atoms with van der Waals surface area (Å²) < 4.78 is 11.1. The number of rotatable bonds is 4. The molecule has 0 aliphatic heterocycles. The van der Waals surface area contributed by atoms with E-state index in [0.29, 0.717) is 28.4 Å². The zero-order valence-electron chi connectivity index (χ0n) is 12.6. The summed E-state index contributed by atoms with van der Waals surface area (Å²) in [5, 5.41) is 2.87. The number of methoxy groups -OCH3 is 2. The fourth-order valence-electron chi connectivity index (χ4n) is 2.09. The molecule has 0 heterocycles. The van der Waals surface area contributed by atoms with Gasteiger partial charge in [-0.2, -0.15) is 0 Å². The summed E-state index contributed by atoms with van der Waals surface area (Å²) in [4.78, 5) is 12.4. The zero-order chi connectivity index (χ0) is 16.3. The van der Waals surface area contributed by atoms with Crippen LogP contribution in [0.3, 0.4) is 0 Å². The second kappa shape index (κ2) is 6.70. The molecule has 0 aromatic heterocycles. The van der Waals surface area contributed by atoms with Crippen LogP contribution in [0.2, 0.25) is 0 Å². The van der Waals surface area contributed by atoms with Gasteiger partial charge in [-0.1, -0.05) is 0 Å². The molecule has 0 radical (unpaired) electrons. The third-order valence-electron chi connectivity index (χ3n) is 3.19. The summed E-state index contributed by atoms with van der Waals surface area (Å²) in [5.74, 6) is 0.835. The van der Waals surface area contributed by atoms with E-state index >= 15 is 0 Å². The van der Waals surface area contributed by atoms with Crippen LogP contribution in [0.5, 0.6) is 11.5 Å². The first-order valence-electron chi connectivity index (χ1n) is 6.55. The molecule has 0 atom stereocenters. The molecular weight excluding hydrogens is 348 g/mol. The van der Waals surface area contributed by atoms with Crippen molar-refractivity contribution in [2.45, 2.75) is 6.92 Å². The van der Waals surface area contributed by atoms with Gasteiger partial charge in [-0.3, -0.25) is 4.79 Å². The number of aryl methyl sites for hydroxylation is 1. The van der Waals surface area contributed by atoms with Gasteiger partial charge in [-0.05, 0) is 58.7 Å². The van der Waals surface area contributed by atoms with Crippen molar-refractivity contribution in [3.8, 4) is 11.5 Å². The lowest BCUT2D eigenvalue weighted by Crippen LogP contribution is -2.13. The highest BCUT2D eigenvalue weighted by Crippen LogP contribution is 2.31. The molecule has 2 rings (SSSR count). The number of amides is 1. The van der Waals surface area contributed by atoms with Crippen LogP contribution in [0.1, 0.15) is 15.9 Å². The highest BCUT2D eigenvalue weighted by molar-refractivity contribution is 9.10. The molecule has 0 aliphatic carbocycles. The first-order valence-corrected chi connectivity index (χ1v) is 7.34. The summed E-state index contributed by atoms with van der Waals surface area (Å²) >= 11 is 3.41. The van der Waals surface area contributed by atoms with Crippen molar-refractivity contribution in [3.05, 3.63) is 45.9 Å². The number of hydrogen-bond acceptors (Lipinski definition) is 4. The smallest absolute Gasteiger partial charge is 0.255 e. The monoisotopic (exact) mass is 364 g/mol. The predicted octanol–water partition coefficient (Wildman–Crippen LogP) is 3.61. The third-order valence-corrected chi connectivity index (χ3v) is 3.82. The van der Waals surface area contributed by atoms with Gasteiger partial charge in [0.15, 0.2) is 11.5 Å². The van der Waals surface area contributed by atoms with E-state index in [2.05, 4.69) is 21.2 Å². The lowest BCUT2D eigenvalue weighted by atomic mass is 10.1. The van der Waals surface area contributed by atoms with Crippen molar-refractivity contribution < 1.29 is 14.3 Å². The normalized spacial score (nSPS) is 10.2. The molecule has 2 aromatic carbocycles. The average Bonchev–Trinajstić information content (AvgIpc) is 2.49. The number of nitrogens with one attached hydrogen (secondary N) is 1. The van der Waals surface area contributed by atoms with E-state index in [4.69, 9.17) is 15.2 Å². The molecule has 0 unspecified atom stereocenters. The van der Waals surface area contributed by atoms with Crippen molar-refractivity contribution in [1.82, 2.24) is 0 Å². The number of halogens is 1. The Morgan fingerprint density at radius 1 is 1.14 bits per heavy atom. The summed E-state index contributed by atoms with van der Waals surface area (Å²) in [6, 6.07) is 8.55. The summed E-state index contributed by atoms with van der Waals surface area (Å²) in [6.45, 7) is 1.88. The Hall–Kier alpha value is -2.21. The molecule has 5 nitrogen and oxygen atoms in total. The van der Waals surface area contributed by atoms with Crippen molar-refractivity contribution >= 4 is 33.2 Å². The minimum atomic E-state index is -0.241. The fourth-order valence-corrected chi connectivity index (χ4v) is 2.77. The largest absolute Gasteiger partial charge is 0.493 e. The lowest BCUT2D eigenvalue weighted by molar-refractivity contribution is 0.102. The third kappa shape index (κ3) is 3.33.